The lowest BCUT2D eigenvalue weighted by atomic mass is 10.0. The Morgan fingerprint density at radius 1 is 1.20 bits per heavy atom. The van der Waals surface area contributed by atoms with E-state index in [2.05, 4.69) is 35.0 Å². The van der Waals surface area contributed by atoms with Crippen molar-refractivity contribution in [1.82, 2.24) is 9.80 Å². The zero-order valence-electron chi connectivity index (χ0n) is 14.9. The normalized spacial score (nSPS) is 22.2. The van der Waals surface area contributed by atoms with Gasteiger partial charge in [0.25, 0.3) is 0 Å². The lowest BCUT2D eigenvalue weighted by molar-refractivity contribution is 0.112. The molecule has 2 N–H and O–H groups in total. The molecule has 2 aliphatic heterocycles. The summed E-state index contributed by atoms with van der Waals surface area (Å²) in [5.74, 6) is 2.01. The van der Waals surface area contributed by atoms with E-state index >= 15 is 0 Å². The van der Waals surface area contributed by atoms with Crippen molar-refractivity contribution in [3.05, 3.63) is 53.5 Å². The number of furan rings is 1. The van der Waals surface area contributed by atoms with Crippen molar-refractivity contribution in [3.63, 3.8) is 0 Å². The van der Waals surface area contributed by atoms with Crippen LogP contribution in [0.15, 0.2) is 41.0 Å². The molecule has 1 aromatic heterocycles. The van der Waals surface area contributed by atoms with Gasteiger partial charge < -0.3 is 19.8 Å². The minimum atomic E-state index is 0.223. The van der Waals surface area contributed by atoms with Crippen molar-refractivity contribution in [2.45, 2.75) is 38.1 Å². The van der Waals surface area contributed by atoms with Crippen molar-refractivity contribution in [1.29, 1.82) is 0 Å². The highest BCUT2D eigenvalue weighted by molar-refractivity contribution is 5.45. The first kappa shape index (κ1) is 16.6. The number of benzene rings is 1. The van der Waals surface area contributed by atoms with Crippen LogP contribution in [-0.2, 0) is 13.1 Å². The number of fused-ring (bicyclic) bond motifs is 1. The Labute approximate surface area is 149 Å². The fourth-order valence-electron chi connectivity index (χ4n) is 4.01. The molecule has 1 atom stereocenters. The van der Waals surface area contributed by atoms with Gasteiger partial charge in [-0.15, -0.1) is 0 Å². The van der Waals surface area contributed by atoms with Crippen LogP contribution < -0.4 is 10.5 Å². The highest BCUT2D eigenvalue weighted by Gasteiger charge is 2.32. The minimum Gasteiger partial charge on any atom is -0.490 e. The molecule has 5 nitrogen and oxygen atoms in total. The molecule has 0 aliphatic carbocycles. The van der Waals surface area contributed by atoms with Crippen molar-refractivity contribution < 1.29 is 9.15 Å². The first-order chi connectivity index (χ1) is 12.2. The van der Waals surface area contributed by atoms with Crippen LogP contribution in [0.1, 0.15) is 35.8 Å². The third-order valence-corrected chi connectivity index (χ3v) is 5.45. The standard InChI is InChI=1S/C20H27N3O2/c1-22-9-7-15(8-10-22)25-20-6-2-5-17-18(20)14-23(19(17)12-21)13-16-4-3-11-24-16/h2-6,11,15,19H,7-10,12-14,21H2,1H3. The summed E-state index contributed by atoms with van der Waals surface area (Å²) in [6.07, 6.45) is 4.23. The average Bonchev–Trinajstić information content (AvgIpc) is 3.25. The second-order valence-electron chi connectivity index (χ2n) is 7.18. The largest absolute Gasteiger partial charge is 0.490 e. The summed E-state index contributed by atoms with van der Waals surface area (Å²) in [4.78, 5) is 4.75. The summed E-state index contributed by atoms with van der Waals surface area (Å²) in [6, 6.07) is 10.6. The second kappa shape index (κ2) is 7.20. The first-order valence-corrected chi connectivity index (χ1v) is 9.18. The predicted octanol–water partition coefficient (Wildman–Crippen LogP) is 2.77. The van der Waals surface area contributed by atoms with E-state index in [0.717, 1.165) is 50.5 Å². The van der Waals surface area contributed by atoms with Crippen LogP contribution in [0.2, 0.25) is 0 Å². The first-order valence-electron chi connectivity index (χ1n) is 9.18. The molecular weight excluding hydrogens is 314 g/mol. The fourth-order valence-corrected chi connectivity index (χ4v) is 4.01. The molecule has 134 valence electrons. The third kappa shape index (κ3) is 3.45. The molecule has 0 saturated carbocycles. The van der Waals surface area contributed by atoms with Gasteiger partial charge in [0.2, 0.25) is 0 Å². The molecule has 2 aromatic rings. The van der Waals surface area contributed by atoms with E-state index in [-0.39, 0.29) is 6.04 Å². The Hall–Kier alpha value is -1.82. The second-order valence-corrected chi connectivity index (χ2v) is 7.18. The molecule has 25 heavy (non-hydrogen) atoms. The molecule has 0 spiro atoms. The summed E-state index contributed by atoms with van der Waals surface area (Å²) in [5.41, 5.74) is 8.70. The van der Waals surface area contributed by atoms with E-state index in [9.17, 15) is 0 Å². The van der Waals surface area contributed by atoms with Gasteiger partial charge in [0.1, 0.15) is 17.6 Å². The Balaban J connectivity index is 1.52. The van der Waals surface area contributed by atoms with E-state index in [4.69, 9.17) is 14.9 Å². The number of hydrogen-bond acceptors (Lipinski definition) is 5. The van der Waals surface area contributed by atoms with Gasteiger partial charge in [-0.05, 0) is 43.7 Å². The number of hydrogen-bond donors (Lipinski definition) is 1. The summed E-state index contributed by atoms with van der Waals surface area (Å²) >= 11 is 0. The highest BCUT2D eigenvalue weighted by atomic mass is 16.5. The van der Waals surface area contributed by atoms with Gasteiger partial charge in [-0.2, -0.15) is 0 Å². The predicted molar refractivity (Wildman–Crippen MR) is 97.3 cm³/mol. The van der Waals surface area contributed by atoms with Gasteiger partial charge in [0.15, 0.2) is 0 Å². The molecule has 0 amide bonds. The monoisotopic (exact) mass is 341 g/mol. The highest BCUT2D eigenvalue weighted by Crippen LogP contribution is 2.39. The molecule has 0 bridgehead atoms. The molecule has 4 rings (SSSR count). The van der Waals surface area contributed by atoms with Crippen LogP contribution in [0.3, 0.4) is 0 Å². The minimum absolute atomic E-state index is 0.223. The van der Waals surface area contributed by atoms with Crippen molar-refractivity contribution >= 4 is 0 Å². The molecule has 1 aromatic carbocycles. The van der Waals surface area contributed by atoms with Gasteiger partial charge in [-0.25, -0.2) is 0 Å². The quantitative estimate of drug-likeness (QED) is 0.906. The van der Waals surface area contributed by atoms with Crippen LogP contribution in [-0.4, -0.2) is 42.6 Å². The van der Waals surface area contributed by atoms with Crippen LogP contribution in [0, 0.1) is 0 Å². The molecule has 3 heterocycles. The zero-order valence-corrected chi connectivity index (χ0v) is 14.9. The Bertz CT molecular complexity index is 693. The lowest BCUT2D eigenvalue weighted by Crippen LogP contribution is -2.35. The number of ether oxygens (including phenoxy) is 1. The topological polar surface area (TPSA) is 54.9 Å². The van der Waals surface area contributed by atoms with E-state index in [0.29, 0.717) is 12.6 Å². The van der Waals surface area contributed by atoms with E-state index < -0.39 is 0 Å². The average molecular weight is 341 g/mol. The van der Waals surface area contributed by atoms with Gasteiger partial charge >= 0.3 is 0 Å². The van der Waals surface area contributed by atoms with Crippen LogP contribution in [0.5, 0.6) is 5.75 Å². The van der Waals surface area contributed by atoms with Crippen LogP contribution >= 0.6 is 0 Å². The SMILES string of the molecule is CN1CCC(Oc2cccc3c2CN(Cc2ccco2)C3CN)CC1. The number of likely N-dealkylation sites (tertiary alicyclic amines) is 1. The van der Waals surface area contributed by atoms with E-state index in [1.165, 1.54) is 11.1 Å². The molecule has 1 saturated heterocycles. The molecular formula is C20H27N3O2. The summed E-state index contributed by atoms with van der Waals surface area (Å²) in [6.45, 7) is 4.45. The van der Waals surface area contributed by atoms with Crippen LogP contribution in [0.25, 0.3) is 0 Å². The van der Waals surface area contributed by atoms with Gasteiger partial charge in [-0.1, -0.05) is 12.1 Å². The summed E-state index contributed by atoms with van der Waals surface area (Å²) in [7, 11) is 2.18. The number of rotatable bonds is 5. The summed E-state index contributed by atoms with van der Waals surface area (Å²) < 4.78 is 11.9. The molecule has 0 radical (unpaired) electrons. The third-order valence-electron chi connectivity index (χ3n) is 5.45. The number of nitrogens with zero attached hydrogens (tertiary/aromatic N) is 2. The lowest BCUT2D eigenvalue weighted by Gasteiger charge is -2.29. The van der Waals surface area contributed by atoms with Crippen molar-refractivity contribution in [2.75, 3.05) is 26.7 Å². The Morgan fingerprint density at radius 3 is 2.76 bits per heavy atom. The van der Waals surface area contributed by atoms with E-state index in [1.807, 2.05) is 12.1 Å². The van der Waals surface area contributed by atoms with Crippen LogP contribution in [0.4, 0.5) is 0 Å². The molecule has 1 fully saturated rings. The molecule has 5 heteroatoms. The Kier molecular flexibility index (Phi) is 4.79. The van der Waals surface area contributed by atoms with Gasteiger partial charge in [-0.3, -0.25) is 4.90 Å². The fraction of sp³-hybridized carbons (Fsp3) is 0.500. The maximum atomic E-state index is 6.41. The maximum Gasteiger partial charge on any atom is 0.124 e. The van der Waals surface area contributed by atoms with Gasteiger partial charge in [0, 0.05) is 37.8 Å². The van der Waals surface area contributed by atoms with Gasteiger partial charge in [0.05, 0.1) is 12.8 Å². The Morgan fingerprint density at radius 2 is 2.04 bits per heavy atom. The smallest absolute Gasteiger partial charge is 0.124 e. The number of nitrogens with two attached hydrogens (primary N) is 1. The summed E-state index contributed by atoms with van der Waals surface area (Å²) in [5, 5.41) is 0. The van der Waals surface area contributed by atoms with Crippen molar-refractivity contribution in [3.8, 4) is 5.75 Å². The maximum absolute atomic E-state index is 6.41. The molecule has 2 aliphatic rings. The number of piperidine rings is 1. The van der Waals surface area contributed by atoms with E-state index in [1.54, 1.807) is 6.26 Å². The zero-order chi connectivity index (χ0) is 17.2. The molecule has 1 unspecified atom stereocenters. The van der Waals surface area contributed by atoms with Crippen molar-refractivity contribution in [2.24, 2.45) is 5.73 Å².